The smallest absolute Gasteiger partial charge is 0.316 e. The number of carboxylic acid groups (broad SMARTS) is 1. The Kier molecular flexibility index (Phi) is 14.4. The Hall–Kier alpha value is -1.96. The monoisotopic (exact) mass is 374 g/mol. The second-order valence-corrected chi connectivity index (χ2v) is 6.46. The molecule has 2 aliphatic heterocycles. The Morgan fingerprint density at radius 2 is 1.31 bits per heavy atom. The van der Waals surface area contributed by atoms with Crippen LogP contribution >= 0.6 is 0 Å². The molecule has 4 unspecified atom stereocenters. The highest BCUT2D eigenvalue weighted by Crippen LogP contribution is 2.17. The predicted molar refractivity (Wildman–Crippen MR) is 98.5 cm³/mol. The summed E-state index contributed by atoms with van der Waals surface area (Å²) < 4.78 is 4.25. The molecular formula is C18H34N2O6. The highest BCUT2D eigenvalue weighted by atomic mass is 16.4. The van der Waals surface area contributed by atoms with E-state index in [0.717, 1.165) is 0 Å². The van der Waals surface area contributed by atoms with E-state index in [1.807, 2.05) is 6.92 Å². The van der Waals surface area contributed by atoms with Gasteiger partial charge in [0.05, 0.1) is 0 Å². The van der Waals surface area contributed by atoms with E-state index in [2.05, 4.69) is 29.2 Å². The lowest BCUT2D eigenvalue weighted by Crippen LogP contribution is -2.26. The van der Waals surface area contributed by atoms with Gasteiger partial charge in [0.15, 0.2) is 0 Å². The molecule has 0 bridgehead atoms. The standard InChI is InChI=1S/C7H11NO2.C6H9NO3.C3H8.C2H6O/c1-4-3-8-7(10)6(4)5(2)9;1-3-2-7-5(8)4(3)6(9)10;2*1-3-2/h4,6H,3H2,1-2H3,(H,8,10);3-4H,2H2,1H3,(H,7,8)(H,9,10);3H2,1-2H3;1-2H3. The normalized spacial score (nSPS) is 26.0. The first-order chi connectivity index (χ1) is 12.1. The molecule has 8 nitrogen and oxygen atoms in total. The molecule has 2 fully saturated rings. The van der Waals surface area contributed by atoms with E-state index in [-0.39, 0.29) is 35.4 Å². The highest BCUT2D eigenvalue weighted by molar-refractivity contribution is 6.02. The number of ether oxygens (including phenoxy) is 1. The van der Waals surface area contributed by atoms with Crippen molar-refractivity contribution >= 4 is 23.6 Å². The van der Waals surface area contributed by atoms with Gasteiger partial charge in [0, 0.05) is 27.3 Å². The van der Waals surface area contributed by atoms with E-state index < -0.39 is 11.9 Å². The Bertz CT molecular complexity index is 425. The second kappa shape index (κ2) is 14.2. The van der Waals surface area contributed by atoms with Crippen LogP contribution in [0.3, 0.4) is 0 Å². The van der Waals surface area contributed by atoms with Crippen LogP contribution < -0.4 is 10.6 Å². The van der Waals surface area contributed by atoms with Crippen LogP contribution in [0.4, 0.5) is 0 Å². The van der Waals surface area contributed by atoms with Gasteiger partial charge in [0.1, 0.15) is 17.6 Å². The lowest BCUT2D eigenvalue weighted by molar-refractivity contribution is -0.146. The van der Waals surface area contributed by atoms with Gasteiger partial charge in [0.2, 0.25) is 11.8 Å². The third-order valence-corrected chi connectivity index (χ3v) is 3.60. The number of hydrogen-bond donors (Lipinski definition) is 3. The van der Waals surface area contributed by atoms with Crippen LogP contribution in [0.25, 0.3) is 0 Å². The molecule has 0 aliphatic carbocycles. The van der Waals surface area contributed by atoms with Gasteiger partial charge in [-0.25, -0.2) is 0 Å². The molecule has 0 aromatic carbocycles. The summed E-state index contributed by atoms with van der Waals surface area (Å²) >= 11 is 0. The summed E-state index contributed by atoms with van der Waals surface area (Å²) in [6.07, 6.45) is 1.25. The summed E-state index contributed by atoms with van der Waals surface area (Å²) in [5, 5.41) is 13.6. The molecule has 0 aromatic heterocycles. The Morgan fingerprint density at radius 1 is 1.00 bits per heavy atom. The molecule has 2 rings (SSSR count). The number of amides is 2. The van der Waals surface area contributed by atoms with Gasteiger partial charge in [-0.15, -0.1) is 0 Å². The number of ketones is 1. The molecule has 0 radical (unpaired) electrons. The minimum atomic E-state index is -1.03. The molecular weight excluding hydrogens is 340 g/mol. The summed E-state index contributed by atoms with van der Waals surface area (Å²) in [7, 11) is 3.25. The van der Waals surface area contributed by atoms with Crippen molar-refractivity contribution in [3.8, 4) is 0 Å². The number of carboxylic acids is 1. The number of methoxy groups -OCH3 is 1. The molecule has 2 aliphatic rings. The number of Topliss-reactive ketones (excluding diaryl/α,β-unsaturated/α-hetero) is 1. The van der Waals surface area contributed by atoms with Gasteiger partial charge in [-0.05, 0) is 18.8 Å². The zero-order chi connectivity index (χ0) is 20.9. The molecule has 3 N–H and O–H groups in total. The largest absolute Gasteiger partial charge is 0.481 e. The minimum Gasteiger partial charge on any atom is -0.481 e. The molecule has 0 spiro atoms. The fourth-order valence-electron chi connectivity index (χ4n) is 2.44. The molecule has 2 saturated heterocycles. The van der Waals surface area contributed by atoms with Crippen molar-refractivity contribution in [1.82, 2.24) is 10.6 Å². The topological polar surface area (TPSA) is 122 Å². The second-order valence-electron chi connectivity index (χ2n) is 6.46. The number of rotatable bonds is 2. The number of hydrogen-bond acceptors (Lipinski definition) is 5. The van der Waals surface area contributed by atoms with Gasteiger partial charge in [-0.3, -0.25) is 19.2 Å². The maximum Gasteiger partial charge on any atom is 0.316 e. The van der Waals surface area contributed by atoms with Gasteiger partial charge in [-0.1, -0.05) is 34.1 Å². The summed E-state index contributed by atoms with van der Waals surface area (Å²) in [6, 6.07) is 0. The van der Waals surface area contributed by atoms with Crippen LogP contribution in [0.5, 0.6) is 0 Å². The molecule has 2 heterocycles. The van der Waals surface area contributed by atoms with Gasteiger partial charge >= 0.3 is 5.97 Å². The SMILES string of the molecule is CC(=O)C1C(=O)NCC1C.CC1CNC(=O)C1C(=O)O.CCC.COC. The van der Waals surface area contributed by atoms with Crippen molar-refractivity contribution in [2.75, 3.05) is 27.3 Å². The van der Waals surface area contributed by atoms with Crippen LogP contribution in [0.15, 0.2) is 0 Å². The summed E-state index contributed by atoms with van der Waals surface area (Å²) in [5.41, 5.74) is 0. The number of carbonyl (C=O) groups excluding carboxylic acids is 3. The van der Waals surface area contributed by atoms with Crippen LogP contribution in [-0.2, 0) is 23.9 Å². The van der Waals surface area contributed by atoms with E-state index >= 15 is 0 Å². The van der Waals surface area contributed by atoms with Crippen LogP contribution in [0, 0.1) is 23.7 Å². The van der Waals surface area contributed by atoms with Crippen LogP contribution in [-0.4, -0.2) is 56.0 Å². The first-order valence-electron chi connectivity index (χ1n) is 8.77. The molecule has 152 valence electrons. The summed E-state index contributed by atoms with van der Waals surface area (Å²) in [6.45, 7) is 10.5. The highest BCUT2D eigenvalue weighted by Gasteiger charge is 2.37. The summed E-state index contributed by atoms with van der Waals surface area (Å²) in [5.74, 6) is -2.65. The van der Waals surface area contributed by atoms with E-state index in [1.165, 1.54) is 13.3 Å². The van der Waals surface area contributed by atoms with E-state index in [1.54, 1.807) is 21.1 Å². The maximum atomic E-state index is 10.9. The molecule has 8 heteroatoms. The van der Waals surface area contributed by atoms with Crippen molar-refractivity contribution in [2.24, 2.45) is 23.7 Å². The first kappa shape index (κ1) is 26.3. The number of nitrogens with one attached hydrogen (secondary N) is 2. The van der Waals surface area contributed by atoms with Crippen molar-refractivity contribution in [3.63, 3.8) is 0 Å². The van der Waals surface area contributed by atoms with Gasteiger partial charge in [-0.2, -0.15) is 0 Å². The molecule has 26 heavy (non-hydrogen) atoms. The quantitative estimate of drug-likeness (QED) is 0.622. The van der Waals surface area contributed by atoms with Gasteiger partial charge < -0.3 is 20.5 Å². The summed E-state index contributed by atoms with van der Waals surface area (Å²) in [4.78, 5) is 42.8. The third kappa shape index (κ3) is 9.50. The van der Waals surface area contributed by atoms with Crippen molar-refractivity contribution in [1.29, 1.82) is 0 Å². The van der Waals surface area contributed by atoms with Crippen molar-refractivity contribution < 1.29 is 29.0 Å². The van der Waals surface area contributed by atoms with Crippen molar-refractivity contribution in [3.05, 3.63) is 0 Å². The molecule has 0 aromatic rings. The average Bonchev–Trinajstić information content (AvgIpc) is 3.03. The van der Waals surface area contributed by atoms with E-state index in [9.17, 15) is 19.2 Å². The predicted octanol–water partition coefficient (Wildman–Crippen LogP) is 1.09. The van der Waals surface area contributed by atoms with Gasteiger partial charge in [0.25, 0.3) is 0 Å². The zero-order valence-corrected chi connectivity index (χ0v) is 16.9. The minimum absolute atomic E-state index is 0.0255. The zero-order valence-electron chi connectivity index (χ0n) is 16.9. The lowest BCUT2D eigenvalue weighted by Gasteiger charge is -2.05. The maximum absolute atomic E-state index is 10.9. The van der Waals surface area contributed by atoms with E-state index in [4.69, 9.17) is 5.11 Å². The number of carbonyl (C=O) groups is 4. The number of aliphatic carboxylic acids is 1. The molecule has 4 atom stereocenters. The Labute approximate surface area is 156 Å². The fourth-order valence-corrected chi connectivity index (χ4v) is 2.44. The third-order valence-electron chi connectivity index (χ3n) is 3.60. The first-order valence-corrected chi connectivity index (χ1v) is 8.77. The lowest BCUT2D eigenvalue weighted by atomic mass is 9.94. The average molecular weight is 374 g/mol. The van der Waals surface area contributed by atoms with E-state index in [0.29, 0.717) is 13.1 Å². The molecule has 0 saturated carbocycles. The fraction of sp³-hybridized carbons (Fsp3) is 0.778. The van der Waals surface area contributed by atoms with Crippen LogP contribution in [0.2, 0.25) is 0 Å². The van der Waals surface area contributed by atoms with Crippen molar-refractivity contribution in [2.45, 2.75) is 41.0 Å². The Balaban J connectivity index is 0. The Morgan fingerprint density at radius 3 is 1.42 bits per heavy atom. The molecule has 2 amide bonds. The van der Waals surface area contributed by atoms with Crippen LogP contribution in [0.1, 0.15) is 41.0 Å².